The van der Waals surface area contributed by atoms with E-state index in [9.17, 15) is 9.18 Å². The molecule has 0 saturated heterocycles. The number of aromatic nitrogens is 2. The van der Waals surface area contributed by atoms with Crippen LogP contribution >= 0.6 is 0 Å². The molecular formula is C20H18FN5O. The van der Waals surface area contributed by atoms with Crippen LogP contribution in [-0.4, -0.2) is 15.5 Å². The molecule has 0 fully saturated rings. The molecule has 0 amide bonds. The summed E-state index contributed by atoms with van der Waals surface area (Å²) in [5, 5.41) is 6.30. The molecule has 2 heterocycles. The summed E-state index contributed by atoms with van der Waals surface area (Å²) in [6, 6.07) is 15.3. The zero-order chi connectivity index (χ0) is 19.0. The van der Waals surface area contributed by atoms with Crippen molar-refractivity contribution in [1.82, 2.24) is 9.55 Å². The molecule has 0 bridgehead atoms. The van der Waals surface area contributed by atoms with Gasteiger partial charge in [-0.25, -0.2) is 14.4 Å². The minimum absolute atomic E-state index is 0.224. The average Bonchev–Trinajstić information content (AvgIpc) is 2.61. The molecule has 7 heteroatoms. The number of hydrogen-bond acceptors (Lipinski definition) is 5. The third kappa shape index (κ3) is 3.44. The normalized spacial score (nSPS) is 15.5. The van der Waals surface area contributed by atoms with Gasteiger partial charge in [0, 0.05) is 17.4 Å². The molecule has 0 radical (unpaired) electrons. The van der Waals surface area contributed by atoms with Crippen LogP contribution < -0.4 is 16.2 Å². The molecule has 0 spiro atoms. The molecule has 1 aliphatic rings. The van der Waals surface area contributed by atoms with Crippen molar-refractivity contribution >= 4 is 17.6 Å². The maximum absolute atomic E-state index is 13.3. The van der Waals surface area contributed by atoms with E-state index in [0.717, 1.165) is 11.3 Å². The molecular weight excluding hydrogens is 345 g/mol. The first-order chi connectivity index (χ1) is 13.0. The van der Waals surface area contributed by atoms with Crippen molar-refractivity contribution in [3.8, 4) is 0 Å². The molecule has 2 N–H and O–H groups in total. The van der Waals surface area contributed by atoms with Gasteiger partial charge in [-0.1, -0.05) is 24.3 Å². The Bertz CT molecular complexity index is 1090. The van der Waals surface area contributed by atoms with Gasteiger partial charge in [-0.15, -0.1) is 0 Å². The Kier molecular flexibility index (Phi) is 4.19. The van der Waals surface area contributed by atoms with Gasteiger partial charge in [0.05, 0.1) is 0 Å². The Balaban J connectivity index is 1.80. The van der Waals surface area contributed by atoms with Crippen LogP contribution in [0.15, 0.2) is 64.4 Å². The van der Waals surface area contributed by atoms with Gasteiger partial charge in [0.15, 0.2) is 6.17 Å². The number of nitrogens with zero attached hydrogens (tertiary/aromatic N) is 3. The summed E-state index contributed by atoms with van der Waals surface area (Å²) < 4.78 is 14.8. The average molecular weight is 363 g/mol. The Labute approximate surface area is 155 Å². The molecule has 1 aliphatic heterocycles. The number of aliphatic imine (C=N–C) groups is 1. The van der Waals surface area contributed by atoms with Gasteiger partial charge >= 0.3 is 0 Å². The van der Waals surface area contributed by atoms with E-state index in [-0.39, 0.29) is 11.4 Å². The molecule has 0 unspecified atom stereocenters. The van der Waals surface area contributed by atoms with Gasteiger partial charge in [-0.05, 0) is 49.2 Å². The third-order valence-corrected chi connectivity index (χ3v) is 4.26. The molecule has 0 aliphatic carbocycles. The Morgan fingerprint density at radius 2 is 1.89 bits per heavy atom. The van der Waals surface area contributed by atoms with E-state index in [4.69, 9.17) is 0 Å². The monoisotopic (exact) mass is 363 g/mol. The maximum atomic E-state index is 13.3. The second-order valence-electron chi connectivity index (χ2n) is 6.45. The van der Waals surface area contributed by atoms with E-state index >= 15 is 0 Å². The number of fused-ring (bicyclic) bond motifs is 1. The summed E-state index contributed by atoms with van der Waals surface area (Å²) in [6.07, 6.45) is -0.644. The number of nitrogens with one attached hydrogen (secondary N) is 2. The lowest BCUT2D eigenvalue weighted by Crippen LogP contribution is -2.37. The predicted octanol–water partition coefficient (Wildman–Crippen LogP) is 3.44. The zero-order valence-electron chi connectivity index (χ0n) is 14.9. The van der Waals surface area contributed by atoms with Crippen molar-refractivity contribution in [3.63, 3.8) is 0 Å². The number of guanidine groups is 1. The Hall–Kier alpha value is -3.48. The summed E-state index contributed by atoms with van der Waals surface area (Å²) in [6.45, 7) is 3.76. The molecule has 1 aromatic heterocycles. The fraction of sp³-hybridized carbons (Fsp3) is 0.150. The highest BCUT2D eigenvalue weighted by Crippen LogP contribution is 2.26. The van der Waals surface area contributed by atoms with E-state index in [1.165, 1.54) is 22.8 Å². The lowest BCUT2D eigenvalue weighted by Gasteiger charge is -2.27. The van der Waals surface area contributed by atoms with Gasteiger partial charge < -0.3 is 5.32 Å². The van der Waals surface area contributed by atoms with Crippen molar-refractivity contribution in [1.29, 1.82) is 0 Å². The van der Waals surface area contributed by atoms with Crippen LogP contribution in [0.4, 0.5) is 16.0 Å². The van der Waals surface area contributed by atoms with Gasteiger partial charge in [-0.2, -0.15) is 0 Å². The number of hydrogen-bond donors (Lipinski definition) is 2. The van der Waals surface area contributed by atoms with Crippen molar-refractivity contribution in [2.75, 3.05) is 10.6 Å². The summed E-state index contributed by atoms with van der Waals surface area (Å²) in [4.78, 5) is 21.6. The first-order valence-corrected chi connectivity index (χ1v) is 8.54. The number of anilines is 2. The molecule has 2 aromatic carbocycles. The van der Waals surface area contributed by atoms with Crippen LogP contribution in [0.2, 0.25) is 0 Å². The Morgan fingerprint density at radius 3 is 2.63 bits per heavy atom. The Morgan fingerprint density at radius 1 is 1.11 bits per heavy atom. The second kappa shape index (κ2) is 6.68. The van der Waals surface area contributed by atoms with Gasteiger partial charge in [0.2, 0.25) is 11.9 Å². The van der Waals surface area contributed by atoms with Crippen molar-refractivity contribution in [3.05, 3.63) is 87.6 Å². The molecule has 1 atom stereocenters. The predicted molar refractivity (Wildman–Crippen MR) is 104 cm³/mol. The molecule has 27 heavy (non-hydrogen) atoms. The molecule has 4 rings (SSSR count). The smallest absolute Gasteiger partial charge is 0.257 e. The second-order valence-corrected chi connectivity index (χ2v) is 6.45. The third-order valence-electron chi connectivity index (χ3n) is 4.26. The van der Waals surface area contributed by atoms with E-state index in [1.54, 1.807) is 19.1 Å². The number of aryl methyl sites for hydroxylation is 2. The summed E-state index contributed by atoms with van der Waals surface area (Å²) in [7, 11) is 0. The standard InChI is InChI=1S/C20H18FN5O/c1-12-4-3-5-16(10-12)23-19-24-18(14-6-8-15(21)9-7-14)26-17(27)11-13(2)22-20(26)25-19/h3-11,18H,1-2H3,(H2,22,23,24,25)/t18-/m0/s1. The topological polar surface area (TPSA) is 71.3 Å². The minimum Gasteiger partial charge on any atom is -0.326 e. The lowest BCUT2D eigenvalue weighted by atomic mass is 10.1. The largest absolute Gasteiger partial charge is 0.326 e. The van der Waals surface area contributed by atoms with Crippen molar-refractivity contribution < 1.29 is 4.39 Å². The zero-order valence-corrected chi connectivity index (χ0v) is 14.9. The van der Waals surface area contributed by atoms with E-state index in [1.807, 2.05) is 31.2 Å². The molecule has 136 valence electrons. The van der Waals surface area contributed by atoms with E-state index in [2.05, 4.69) is 20.6 Å². The van der Waals surface area contributed by atoms with Gasteiger partial charge in [0.1, 0.15) is 5.82 Å². The molecule has 6 nitrogen and oxygen atoms in total. The van der Waals surface area contributed by atoms with Crippen LogP contribution in [0.1, 0.15) is 23.0 Å². The SMILES string of the molecule is Cc1cccc(NC2=N[C@H](c3ccc(F)cc3)n3c(nc(C)cc3=O)N2)c1. The number of halogens is 1. The summed E-state index contributed by atoms with van der Waals surface area (Å²) in [5.41, 5.74) is 3.04. The summed E-state index contributed by atoms with van der Waals surface area (Å²) in [5.74, 6) is 0.510. The highest BCUT2D eigenvalue weighted by molar-refractivity contribution is 6.03. The fourth-order valence-corrected chi connectivity index (χ4v) is 3.03. The van der Waals surface area contributed by atoms with E-state index in [0.29, 0.717) is 23.2 Å². The molecule has 0 saturated carbocycles. The van der Waals surface area contributed by atoms with Gasteiger partial charge in [-0.3, -0.25) is 14.7 Å². The highest BCUT2D eigenvalue weighted by Gasteiger charge is 2.25. The van der Waals surface area contributed by atoms with Crippen LogP contribution in [0.5, 0.6) is 0 Å². The maximum Gasteiger partial charge on any atom is 0.257 e. The van der Waals surface area contributed by atoms with Crippen LogP contribution in [0.25, 0.3) is 0 Å². The van der Waals surface area contributed by atoms with Crippen LogP contribution in [-0.2, 0) is 0 Å². The quantitative estimate of drug-likeness (QED) is 0.732. The summed E-state index contributed by atoms with van der Waals surface area (Å²) >= 11 is 0. The van der Waals surface area contributed by atoms with Crippen molar-refractivity contribution in [2.45, 2.75) is 20.0 Å². The lowest BCUT2D eigenvalue weighted by molar-refractivity contribution is 0.573. The van der Waals surface area contributed by atoms with E-state index < -0.39 is 6.17 Å². The first kappa shape index (κ1) is 17.0. The van der Waals surface area contributed by atoms with Crippen LogP contribution in [0.3, 0.4) is 0 Å². The number of rotatable bonds is 2. The van der Waals surface area contributed by atoms with Gasteiger partial charge in [0.25, 0.3) is 5.56 Å². The number of benzene rings is 2. The fourth-order valence-electron chi connectivity index (χ4n) is 3.03. The van der Waals surface area contributed by atoms with Crippen molar-refractivity contribution in [2.24, 2.45) is 4.99 Å². The highest BCUT2D eigenvalue weighted by atomic mass is 19.1. The minimum atomic E-state index is -0.644. The first-order valence-electron chi connectivity index (χ1n) is 8.54. The molecule has 3 aromatic rings. The van der Waals surface area contributed by atoms with Crippen LogP contribution in [0, 0.1) is 19.7 Å².